The van der Waals surface area contributed by atoms with E-state index in [9.17, 15) is 0 Å². The Kier molecular flexibility index (Phi) is 3.05. The quantitative estimate of drug-likeness (QED) is 0.713. The summed E-state index contributed by atoms with van der Waals surface area (Å²) in [7, 11) is 0. The van der Waals surface area contributed by atoms with Crippen LogP contribution in [0.25, 0.3) is 11.0 Å². The molecule has 0 bridgehead atoms. The van der Waals surface area contributed by atoms with Crippen molar-refractivity contribution in [2.24, 2.45) is 5.41 Å². The maximum atomic E-state index is 5.59. The van der Waals surface area contributed by atoms with Crippen LogP contribution in [0.5, 0.6) is 0 Å². The number of nitrogens with zero attached hydrogens (tertiary/aromatic N) is 1. The van der Waals surface area contributed by atoms with Crippen molar-refractivity contribution < 1.29 is 0 Å². The lowest BCUT2D eigenvalue weighted by atomic mass is 9.73. The van der Waals surface area contributed by atoms with Crippen molar-refractivity contribution in [3.05, 3.63) is 28.5 Å². The van der Waals surface area contributed by atoms with Gasteiger partial charge in [0.15, 0.2) is 4.77 Å². The topological polar surface area (TPSA) is 20.7 Å². The van der Waals surface area contributed by atoms with Crippen LogP contribution in [0.4, 0.5) is 0 Å². The zero-order valence-corrected chi connectivity index (χ0v) is 12.8. The fourth-order valence-corrected chi connectivity index (χ4v) is 3.83. The van der Waals surface area contributed by atoms with Crippen molar-refractivity contribution in [2.75, 3.05) is 0 Å². The molecule has 2 aromatic rings. The molecule has 0 spiro atoms. The Morgan fingerprint density at radius 3 is 2.84 bits per heavy atom. The molecule has 1 aliphatic carbocycles. The van der Waals surface area contributed by atoms with E-state index in [0.29, 0.717) is 11.5 Å². The average molecular weight is 274 g/mol. The number of fused-ring (bicyclic) bond motifs is 1. The second kappa shape index (κ2) is 4.48. The number of benzene rings is 1. The van der Waals surface area contributed by atoms with Crippen molar-refractivity contribution in [1.29, 1.82) is 0 Å². The van der Waals surface area contributed by atoms with Crippen LogP contribution in [0.2, 0.25) is 0 Å². The minimum Gasteiger partial charge on any atom is -0.331 e. The summed E-state index contributed by atoms with van der Waals surface area (Å²) < 4.78 is 3.25. The number of aryl methyl sites for hydroxylation is 1. The second-order valence-corrected chi connectivity index (χ2v) is 6.96. The van der Waals surface area contributed by atoms with Crippen molar-refractivity contribution in [2.45, 2.75) is 52.5 Å². The molecule has 1 fully saturated rings. The Hall–Kier alpha value is -1.09. The molecular formula is C16H22N2S. The predicted octanol–water partition coefficient (Wildman–Crippen LogP) is 5.15. The van der Waals surface area contributed by atoms with E-state index in [1.54, 1.807) is 0 Å². The highest BCUT2D eigenvalue weighted by molar-refractivity contribution is 7.71. The van der Waals surface area contributed by atoms with Crippen molar-refractivity contribution in [1.82, 2.24) is 9.55 Å². The number of H-pyrrole nitrogens is 1. The summed E-state index contributed by atoms with van der Waals surface area (Å²) >= 11 is 5.59. The minimum atomic E-state index is 0.329. The van der Waals surface area contributed by atoms with Crippen molar-refractivity contribution >= 4 is 23.3 Å². The molecule has 1 aromatic heterocycles. The first kappa shape index (κ1) is 12.9. The van der Waals surface area contributed by atoms with Crippen LogP contribution >= 0.6 is 12.2 Å². The molecule has 1 saturated carbocycles. The first-order valence-corrected chi connectivity index (χ1v) is 7.61. The first-order valence-electron chi connectivity index (χ1n) is 7.20. The number of nitrogens with one attached hydrogen (secondary N) is 1. The van der Waals surface area contributed by atoms with E-state index in [1.807, 2.05) is 0 Å². The first-order chi connectivity index (χ1) is 8.99. The van der Waals surface area contributed by atoms with Crippen LogP contribution < -0.4 is 0 Å². The molecule has 1 unspecified atom stereocenters. The van der Waals surface area contributed by atoms with E-state index in [0.717, 1.165) is 10.3 Å². The summed E-state index contributed by atoms with van der Waals surface area (Å²) in [6.07, 6.45) is 5.19. The van der Waals surface area contributed by atoms with Gasteiger partial charge in [0.25, 0.3) is 0 Å². The highest BCUT2D eigenvalue weighted by atomic mass is 32.1. The molecule has 1 atom stereocenters. The van der Waals surface area contributed by atoms with Crippen LogP contribution in [-0.2, 0) is 0 Å². The van der Waals surface area contributed by atoms with E-state index >= 15 is 0 Å². The van der Waals surface area contributed by atoms with Crippen LogP contribution in [0.3, 0.4) is 0 Å². The molecule has 1 aromatic carbocycles. The summed E-state index contributed by atoms with van der Waals surface area (Å²) in [5, 5.41) is 0. The Morgan fingerprint density at radius 2 is 2.11 bits per heavy atom. The fourth-order valence-electron chi connectivity index (χ4n) is 3.50. The van der Waals surface area contributed by atoms with E-state index in [1.165, 1.54) is 36.8 Å². The Labute approximate surface area is 119 Å². The molecule has 0 aliphatic heterocycles. The summed E-state index contributed by atoms with van der Waals surface area (Å²) in [5.74, 6) is 0. The molecule has 1 aliphatic rings. The lowest BCUT2D eigenvalue weighted by molar-refractivity contribution is 0.146. The normalized spacial score (nSPS) is 22.8. The molecule has 1 heterocycles. The van der Waals surface area contributed by atoms with E-state index in [4.69, 9.17) is 12.2 Å². The van der Waals surface area contributed by atoms with Gasteiger partial charge in [-0.2, -0.15) is 0 Å². The highest BCUT2D eigenvalue weighted by Gasteiger charge is 2.34. The van der Waals surface area contributed by atoms with Gasteiger partial charge >= 0.3 is 0 Å². The Balaban J connectivity index is 2.21. The highest BCUT2D eigenvalue weighted by Crippen LogP contribution is 2.45. The summed E-state index contributed by atoms with van der Waals surface area (Å²) in [6, 6.07) is 7.06. The van der Waals surface area contributed by atoms with Gasteiger partial charge in [-0.25, -0.2) is 0 Å². The number of rotatable bonds is 1. The third-order valence-corrected chi connectivity index (χ3v) is 4.93. The van der Waals surface area contributed by atoms with Gasteiger partial charge in [0, 0.05) is 6.04 Å². The number of hydrogen-bond donors (Lipinski definition) is 1. The van der Waals surface area contributed by atoms with E-state index in [-0.39, 0.29) is 0 Å². The molecule has 19 heavy (non-hydrogen) atoms. The fraction of sp³-hybridized carbons (Fsp3) is 0.562. The third-order valence-electron chi connectivity index (χ3n) is 4.64. The molecule has 3 heteroatoms. The molecular weight excluding hydrogens is 252 g/mol. The Morgan fingerprint density at radius 1 is 1.32 bits per heavy atom. The van der Waals surface area contributed by atoms with E-state index in [2.05, 4.69) is 48.5 Å². The SMILES string of the molecule is Cc1ccc2[nH]c(=S)n(C3CCCCC3(C)C)c2c1. The Bertz CT molecular complexity index is 663. The molecule has 0 saturated heterocycles. The molecule has 102 valence electrons. The van der Waals surface area contributed by atoms with Crippen molar-refractivity contribution in [3.8, 4) is 0 Å². The van der Waals surface area contributed by atoms with Crippen molar-refractivity contribution in [3.63, 3.8) is 0 Å². The van der Waals surface area contributed by atoms with Gasteiger partial charge in [0.05, 0.1) is 11.0 Å². The zero-order chi connectivity index (χ0) is 13.6. The summed E-state index contributed by atoms with van der Waals surface area (Å²) in [4.78, 5) is 3.37. The largest absolute Gasteiger partial charge is 0.331 e. The molecule has 2 nitrogen and oxygen atoms in total. The van der Waals surface area contributed by atoms with Crippen LogP contribution in [-0.4, -0.2) is 9.55 Å². The van der Waals surface area contributed by atoms with Gasteiger partial charge in [0.1, 0.15) is 0 Å². The monoisotopic (exact) mass is 274 g/mol. The van der Waals surface area contributed by atoms with Crippen LogP contribution in [0.1, 0.15) is 51.1 Å². The van der Waals surface area contributed by atoms with E-state index < -0.39 is 0 Å². The smallest absolute Gasteiger partial charge is 0.178 e. The number of aromatic nitrogens is 2. The summed E-state index contributed by atoms with van der Waals surface area (Å²) in [5.41, 5.74) is 4.06. The van der Waals surface area contributed by atoms with Gasteiger partial charge in [-0.3, -0.25) is 0 Å². The maximum absolute atomic E-state index is 5.59. The lowest BCUT2D eigenvalue weighted by Gasteiger charge is -2.39. The minimum absolute atomic E-state index is 0.329. The zero-order valence-electron chi connectivity index (χ0n) is 12.0. The van der Waals surface area contributed by atoms with Gasteiger partial charge in [0.2, 0.25) is 0 Å². The van der Waals surface area contributed by atoms with Crippen LogP contribution in [0.15, 0.2) is 18.2 Å². The standard InChI is InChI=1S/C16H22N2S/c1-11-7-8-12-13(10-11)18(15(19)17-12)14-6-4-5-9-16(14,2)3/h7-8,10,14H,4-6,9H2,1-3H3,(H,17,19). The number of aromatic amines is 1. The van der Waals surface area contributed by atoms with Crippen LogP contribution in [0, 0.1) is 17.1 Å². The molecule has 0 amide bonds. The maximum Gasteiger partial charge on any atom is 0.178 e. The second-order valence-electron chi connectivity index (χ2n) is 6.57. The lowest BCUT2D eigenvalue weighted by Crippen LogP contribution is -2.30. The van der Waals surface area contributed by atoms with Gasteiger partial charge in [-0.15, -0.1) is 0 Å². The van der Waals surface area contributed by atoms with Gasteiger partial charge < -0.3 is 9.55 Å². The predicted molar refractivity (Wildman–Crippen MR) is 83.1 cm³/mol. The third kappa shape index (κ3) is 2.14. The molecule has 0 radical (unpaired) electrons. The average Bonchev–Trinajstić information content (AvgIpc) is 2.65. The van der Waals surface area contributed by atoms with Gasteiger partial charge in [-0.05, 0) is 55.1 Å². The van der Waals surface area contributed by atoms with Gasteiger partial charge in [-0.1, -0.05) is 32.8 Å². The summed E-state index contributed by atoms with van der Waals surface area (Å²) in [6.45, 7) is 6.91. The molecule has 1 N–H and O–H groups in total. The number of hydrogen-bond acceptors (Lipinski definition) is 1. The molecule has 3 rings (SSSR count). The number of imidazole rings is 1.